The van der Waals surface area contributed by atoms with E-state index in [9.17, 15) is 0 Å². The molecule has 1 aliphatic carbocycles. The molecule has 0 aromatic carbocycles. The van der Waals surface area contributed by atoms with Crippen LogP contribution >= 0.6 is 0 Å². The van der Waals surface area contributed by atoms with Crippen LogP contribution in [0.25, 0.3) is 22.1 Å². The summed E-state index contributed by atoms with van der Waals surface area (Å²) in [5, 5.41) is 1.04. The SMILES string of the molecule is C=CN(Cc1nc2c(cnc3[nH]ccc32)[nH]1)C(=NCC)C1CC1. The molecule has 0 aliphatic heterocycles. The topological polar surface area (TPSA) is 73.0 Å². The molecule has 0 spiro atoms. The first-order valence-corrected chi connectivity index (χ1v) is 8.04. The standard InChI is InChI=1S/C17H20N6/c1-3-18-17(11-5-6-11)23(4-2)10-14-21-13-9-20-16-12(7-8-19-16)15(13)22-14/h4,7-9,11H,2-3,5-6,10H2,1H3,(H,19,20)(H,21,22). The van der Waals surface area contributed by atoms with Gasteiger partial charge in [0, 0.05) is 24.0 Å². The quantitative estimate of drug-likeness (QED) is 0.561. The summed E-state index contributed by atoms with van der Waals surface area (Å²) < 4.78 is 0. The van der Waals surface area contributed by atoms with Crippen LogP contribution in [0.3, 0.4) is 0 Å². The Morgan fingerprint density at radius 1 is 1.52 bits per heavy atom. The summed E-state index contributed by atoms with van der Waals surface area (Å²) in [7, 11) is 0. The molecule has 0 bridgehead atoms. The number of aliphatic imine (C=N–C) groups is 1. The number of H-pyrrole nitrogens is 2. The zero-order valence-electron chi connectivity index (χ0n) is 13.2. The van der Waals surface area contributed by atoms with Crippen LogP contribution in [-0.4, -0.2) is 37.2 Å². The molecule has 23 heavy (non-hydrogen) atoms. The molecule has 1 fully saturated rings. The number of aromatic amines is 2. The van der Waals surface area contributed by atoms with Gasteiger partial charge in [0.15, 0.2) is 0 Å². The van der Waals surface area contributed by atoms with Gasteiger partial charge in [-0.3, -0.25) is 4.99 Å². The largest absolute Gasteiger partial charge is 0.346 e. The molecule has 118 valence electrons. The molecule has 0 unspecified atom stereocenters. The van der Waals surface area contributed by atoms with Crippen molar-refractivity contribution in [1.82, 2.24) is 24.8 Å². The smallest absolute Gasteiger partial charge is 0.139 e. The zero-order valence-corrected chi connectivity index (χ0v) is 13.2. The molecule has 3 aromatic heterocycles. The average molecular weight is 308 g/mol. The lowest BCUT2D eigenvalue weighted by Gasteiger charge is -2.20. The van der Waals surface area contributed by atoms with Gasteiger partial charge in [0.05, 0.1) is 18.3 Å². The predicted octanol–water partition coefficient (Wildman–Crippen LogP) is 3.21. The van der Waals surface area contributed by atoms with Crippen LogP contribution in [0.1, 0.15) is 25.6 Å². The maximum Gasteiger partial charge on any atom is 0.139 e. The molecule has 2 N–H and O–H groups in total. The third kappa shape index (κ3) is 2.50. The van der Waals surface area contributed by atoms with Crippen LogP contribution in [0.2, 0.25) is 0 Å². The average Bonchev–Trinajstić information content (AvgIpc) is 3.13. The predicted molar refractivity (Wildman–Crippen MR) is 92.2 cm³/mol. The number of nitrogens with zero attached hydrogens (tertiary/aromatic N) is 4. The molecule has 3 aromatic rings. The number of nitrogens with one attached hydrogen (secondary N) is 2. The molecule has 0 radical (unpaired) electrons. The van der Waals surface area contributed by atoms with E-state index in [0.29, 0.717) is 12.5 Å². The highest BCUT2D eigenvalue weighted by atomic mass is 15.2. The van der Waals surface area contributed by atoms with Crippen molar-refractivity contribution >= 4 is 27.9 Å². The van der Waals surface area contributed by atoms with Crippen molar-refractivity contribution in [1.29, 1.82) is 0 Å². The maximum absolute atomic E-state index is 4.76. The third-order valence-corrected chi connectivity index (χ3v) is 4.18. The molecule has 0 amide bonds. The fraction of sp³-hybridized carbons (Fsp3) is 0.353. The Kier molecular flexibility index (Phi) is 3.37. The Morgan fingerprint density at radius 2 is 2.39 bits per heavy atom. The molecule has 3 heterocycles. The Morgan fingerprint density at radius 3 is 3.13 bits per heavy atom. The van der Waals surface area contributed by atoms with Gasteiger partial charge in [-0.25, -0.2) is 9.97 Å². The van der Waals surface area contributed by atoms with E-state index in [2.05, 4.69) is 38.3 Å². The second-order valence-corrected chi connectivity index (χ2v) is 5.86. The van der Waals surface area contributed by atoms with Gasteiger partial charge < -0.3 is 14.9 Å². The second kappa shape index (κ2) is 5.53. The van der Waals surface area contributed by atoms with E-state index in [1.165, 1.54) is 12.8 Å². The fourth-order valence-corrected chi connectivity index (χ4v) is 2.96. The monoisotopic (exact) mass is 308 g/mol. The summed E-state index contributed by atoms with van der Waals surface area (Å²) in [6, 6.07) is 2.01. The summed E-state index contributed by atoms with van der Waals surface area (Å²) in [5.74, 6) is 2.61. The van der Waals surface area contributed by atoms with Gasteiger partial charge in [0.25, 0.3) is 0 Å². The number of amidine groups is 1. The van der Waals surface area contributed by atoms with Crippen molar-refractivity contribution in [2.75, 3.05) is 6.54 Å². The van der Waals surface area contributed by atoms with Gasteiger partial charge in [-0.2, -0.15) is 0 Å². The molecule has 4 rings (SSSR count). The van der Waals surface area contributed by atoms with Crippen molar-refractivity contribution < 1.29 is 0 Å². The van der Waals surface area contributed by atoms with Crippen molar-refractivity contribution in [3.8, 4) is 0 Å². The number of aromatic nitrogens is 4. The Bertz CT molecular complexity index is 883. The lowest BCUT2D eigenvalue weighted by molar-refractivity contribution is 0.518. The number of fused-ring (bicyclic) bond motifs is 3. The van der Waals surface area contributed by atoms with Crippen molar-refractivity contribution in [3.63, 3.8) is 0 Å². The molecule has 6 heteroatoms. The van der Waals surface area contributed by atoms with E-state index in [1.807, 2.05) is 24.7 Å². The summed E-state index contributed by atoms with van der Waals surface area (Å²) in [6.45, 7) is 7.47. The normalized spacial score (nSPS) is 15.4. The molecule has 1 saturated carbocycles. The summed E-state index contributed by atoms with van der Waals surface area (Å²) in [5.41, 5.74) is 2.77. The lowest BCUT2D eigenvalue weighted by Crippen LogP contribution is -2.27. The minimum atomic E-state index is 0.579. The molecule has 1 aliphatic rings. The van der Waals surface area contributed by atoms with Crippen LogP contribution in [0.5, 0.6) is 0 Å². The van der Waals surface area contributed by atoms with Crippen molar-refractivity contribution in [3.05, 3.63) is 37.1 Å². The first-order valence-electron chi connectivity index (χ1n) is 8.04. The van der Waals surface area contributed by atoms with Crippen molar-refractivity contribution in [2.24, 2.45) is 10.9 Å². The number of hydrogen-bond acceptors (Lipinski definition) is 3. The maximum atomic E-state index is 4.76. The Balaban J connectivity index is 1.68. The first-order chi connectivity index (χ1) is 11.3. The molecule has 0 atom stereocenters. The van der Waals surface area contributed by atoms with E-state index >= 15 is 0 Å². The van der Waals surface area contributed by atoms with E-state index in [1.54, 1.807) is 0 Å². The van der Waals surface area contributed by atoms with E-state index in [0.717, 1.165) is 40.3 Å². The third-order valence-electron chi connectivity index (χ3n) is 4.18. The minimum Gasteiger partial charge on any atom is -0.346 e. The number of rotatable bonds is 5. The Labute approximate surface area is 134 Å². The summed E-state index contributed by atoms with van der Waals surface area (Å²) in [4.78, 5) is 22.4. The highest BCUT2D eigenvalue weighted by Crippen LogP contribution is 2.32. The second-order valence-electron chi connectivity index (χ2n) is 5.86. The highest BCUT2D eigenvalue weighted by molar-refractivity contribution is 6.00. The van der Waals surface area contributed by atoms with Crippen LogP contribution < -0.4 is 0 Å². The Hall–Kier alpha value is -2.63. The minimum absolute atomic E-state index is 0.579. The van der Waals surface area contributed by atoms with E-state index in [4.69, 9.17) is 4.98 Å². The lowest BCUT2D eigenvalue weighted by atomic mass is 10.3. The van der Waals surface area contributed by atoms with Crippen molar-refractivity contribution in [2.45, 2.75) is 26.3 Å². The number of hydrogen-bond donors (Lipinski definition) is 2. The van der Waals surface area contributed by atoms with Gasteiger partial charge in [-0.15, -0.1) is 0 Å². The van der Waals surface area contributed by atoms with Crippen LogP contribution in [-0.2, 0) is 6.54 Å². The molecular formula is C17H20N6. The van der Waals surface area contributed by atoms with E-state index < -0.39 is 0 Å². The first kappa shape index (κ1) is 14.0. The summed E-state index contributed by atoms with van der Waals surface area (Å²) >= 11 is 0. The van der Waals surface area contributed by atoms with Gasteiger partial charge in [-0.05, 0) is 32.0 Å². The molecule has 6 nitrogen and oxygen atoms in total. The highest BCUT2D eigenvalue weighted by Gasteiger charge is 2.30. The van der Waals surface area contributed by atoms with Gasteiger partial charge in [0.2, 0.25) is 0 Å². The van der Waals surface area contributed by atoms with E-state index in [-0.39, 0.29) is 0 Å². The summed E-state index contributed by atoms with van der Waals surface area (Å²) in [6.07, 6.45) is 8.00. The van der Waals surface area contributed by atoms with Gasteiger partial charge in [-0.1, -0.05) is 6.58 Å². The number of imidazole rings is 1. The van der Waals surface area contributed by atoms with Gasteiger partial charge >= 0.3 is 0 Å². The van der Waals surface area contributed by atoms with Gasteiger partial charge in [0.1, 0.15) is 22.8 Å². The fourth-order valence-electron chi connectivity index (χ4n) is 2.96. The number of pyridine rings is 1. The van der Waals surface area contributed by atoms with Crippen LogP contribution in [0, 0.1) is 5.92 Å². The molecule has 0 saturated heterocycles. The molecular weight excluding hydrogens is 288 g/mol. The van der Waals surface area contributed by atoms with Crippen LogP contribution in [0.4, 0.5) is 0 Å². The van der Waals surface area contributed by atoms with Crippen LogP contribution in [0.15, 0.2) is 36.2 Å². The zero-order chi connectivity index (χ0) is 15.8.